The van der Waals surface area contributed by atoms with Crippen LogP contribution in [0.15, 0.2) is 23.1 Å². The monoisotopic (exact) mass is 409 g/mol. The van der Waals surface area contributed by atoms with E-state index >= 15 is 0 Å². The molecule has 0 aromatic heterocycles. The molecule has 0 saturated carbocycles. The summed E-state index contributed by atoms with van der Waals surface area (Å²) in [6, 6.07) is 0.261. The highest BCUT2D eigenvalue weighted by Crippen LogP contribution is 2.37. The minimum atomic E-state index is -5.10. The molecular formula is C14H17F6NO2S2. The van der Waals surface area contributed by atoms with Crippen LogP contribution in [0.1, 0.15) is 31.9 Å². The lowest BCUT2D eigenvalue weighted by Gasteiger charge is -2.18. The first-order valence-corrected chi connectivity index (χ1v) is 9.42. The zero-order valence-corrected chi connectivity index (χ0v) is 15.2. The van der Waals surface area contributed by atoms with Crippen LogP contribution in [0.3, 0.4) is 0 Å². The van der Waals surface area contributed by atoms with Gasteiger partial charge in [0, 0.05) is 17.0 Å². The van der Waals surface area contributed by atoms with Crippen molar-refractivity contribution in [1.29, 1.82) is 0 Å². The summed E-state index contributed by atoms with van der Waals surface area (Å²) >= 11 is 1.40. The fourth-order valence-corrected chi connectivity index (χ4v) is 3.75. The zero-order chi connectivity index (χ0) is 19.7. The number of nitrogens with one attached hydrogen (secondary N) is 1. The Kier molecular flexibility index (Phi) is 6.50. The van der Waals surface area contributed by atoms with E-state index in [9.17, 15) is 34.8 Å². The van der Waals surface area contributed by atoms with Gasteiger partial charge < -0.3 is 0 Å². The number of benzene rings is 1. The molecule has 0 aliphatic rings. The Morgan fingerprint density at radius 1 is 0.920 bits per heavy atom. The van der Waals surface area contributed by atoms with Crippen molar-refractivity contribution in [2.45, 2.75) is 42.8 Å². The largest absolute Gasteiger partial charge is 0.416 e. The van der Waals surface area contributed by atoms with Gasteiger partial charge >= 0.3 is 12.4 Å². The molecule has 0 fully saturated rings. The van der Waals surface area contributed by atoms with Crippen LogP contribution in [-0.2, 0) is 22.4 Å². The number of rotatable bonds is 5. The lowest BCUT2D eigenvalue weighted by atomic mass is 10.1. The highest BCUT2D eigenvalue weighted by molar-refractivity contribution is 8.00. The van der Waals surface area contributed by atoms with Crippen LogP contribution < -0.4 is 4.72 Å². The predicted octanol–water partition coefficient (Wildman–Crippen LogP) is 4.53. The molecule has 0 spiro atoms. The van der Waals surface area contributed by atoms with Crippen LogP contribution in [0.5, 0.6) is 0 Å². The minimum absolute atomic E-state index is 0.117. The first kappa shape index (κ1) is 22.1. The fourth-order valence-electron chi connectivity index (χ4n) is 1.70. The first-order chi connectivity index (χ1) is 11.0. The zero-order valence-electron chi connectivity index (χ0n) is 13.5. The summed E-state index contributed by atoms with van der Waals surface area (Å²) in [5, 5.41) is 0. The van der Waals surface area contributed by atoms with Crippen LogP contribution in [-0.4, -0.2) is 25.5 Å². The smallest absolute Gasteiger partial charge is 0.210 e. The van der Waals surface area contributed by atoms with E-state index in [4.69, 9.17) is 0 Å². The summed E-state index contributed by atoms with van der Waals surface area (Å²) in [6.07, 6.45) is -10.2. The number of thioether (sulfide) groups is 1. The summed E-state index contributed by atoms with van der Waals surface area (Å²) in [4.78, 5) is -1.07. The van der Waals surface area contributed by atoms with Crippen molar-refractivity contribution < 1.29 is 34.8 Å². The van der Waals surface area contributed by atoms with Crippen LogP contribution in [0, 0.1) is 0 Å². The molecule has 1 aromatic carbocycles. The van der Waals surface area contributed by atoms with E-state index in [-0.39, 0.29) is 29.5 Å². The van der Waals surface area contributed by atoms with E-state index in [0.717, 1.165) is 0 Å². The molecule has 1 N–H and O–H groups in total. The third-order valence-corrected chi connectivity index (χ3v) is 5.52. The molecule has 0 aliphatic carbocycles. The summed E-state index contributed by atoms with van der Waals surface area (Å²) in [7, 11) is -4.51. The Morgan fingerprint density at radius 3 is 1.72 bits per heavy atom. The van der Waals surface area contributed by atoms with E-state index in [1.807, 2.05) is 25.5 Å². The molecule has 0 amide bonds. The molecule has 3 nitrogen and oxygen atoms in total. The molecular weight excluding hydrogens is 392 g/mol. The second-order valence-electron chi connectivity index (χ2n) is 6.10. The van der Waals surface area contributed by atoms with Gasteiger partial charge in [-0.05, 0) is 18.2 Å². The van der Waals surface area contributed by atoms with Crippen molar-refractivity contribution in [2.24, 2.45) is 0 Å². The van der Waals surface area contributed by atoms with Crippen LogP contribution in [0.2, 0.25) is 0 Å². The van der Waals surface area contributed by atoms with Crippen molar-refractivity contribution in [2.75, 3.05) is 12.3 Å². The minimum Gasteiger partial charge on any atom is -0.210 e. The van der Waals surface area contributed by atoms with Gasteiger partial charge in [-0.25, -0.2) is 13.1 Å². The van der Waals surface area contributed by atoms with Gasteiger partial charge in [-0.2, -0.15) is 38.1 Å². The standard InChI is InChI=1S/C14H17F6NO2S2/c1-12(2,3)24-5-4-21-25(22,23)11-7-9(13(15,16)17)6-10(8-11)14(18,19)20/h6-8,21H,4-5H2,1-3H3. The number of halogens is 6. The van der Waals surface area contributed by atoms with E-state index in [1.54, 1.807) is 0 Å². The first-order valence-electron chi connectivity index (χ1n) is 6.95. The topological polar surface area (TPSA) is 46.2 Å². The Hall–Kier alpha value is -0.940. The molecule has 1 aromatic rings. The average Bonchev–Trinajstić information content (AvgIpc) is 2.40. The number of hydrogen-bond donors (Lipinski definition) is 1. The number of sulfonamides is 1. The van der Waals surface area contributed by atoms with Gasteiger partial charge in [0.05, 0.1) is 16.0 Å². The molecule has 0 heterocycles. The summed E-state index contributed by atoms with van der Waals surface area (Å²) in [5.74, 6) is 0.313. The third kappa shape index (κ3) is 7.06. The van der Waals surface area contributed by atoms with Gasteiger partial charge in [-0.1, -0.05) is 20.8 Å². The molecule has 25 heavy (non-hydrogen) atoms. The van der Waals surface area contributed by atoms with Crippen molar-refractivity contribution in [3.05, 3.63) is 29.3 Å². The molecule has 0 unspecified atom stereocenters. The molecule has 144 valence electrons. The summed E-state index contributed by atoms with van der Waals surface area (Å²) in [6.45, 7) is 5.53. The van der Waals surface area contributed by atoms with Crippen molar-refractivity contribution >= 4 is 21.8 Å². The number of alkyl halides is 6. The molecule has 0 saturated heterocycles. The lowest BCUT2D eigenvalue weighted by Crippen LogP contribution is -2.28. The van der Waals surface area contributed by atoms with Crippen LogP contribution in [0.4, 0.5) is 26.3 Å². The maximum atomic E-state index is 12.8. The highest BCUT2D eigenvalue weighted by Gasteiger charge is 2.38. The normalized spacial score (nSPS) is 14.0. The molecule has 0 bridgehead atoms. The Bertz CT molecular complexity index is 673. The Balaban J connectivity index is 3.13. The Labute approximate surface area is 146 Å². The second-order valence-corrected chi connectivity index (χ2v) is 9.79. The van der Waals surface area contributed by atoms with E-state index in [0.29, 0.717) is 5.75 Å². The highest BCUT2D eigenvalue weighted by atomic mass is 32.2. The third-order valence-electron chi connectivity index (χ3n) is 2.80. The Morgan fingerprint density at radius 2 is 1.36 bits per heavy atom. The van der Waals surface area contributed by atoms with Crippen molar-refractivity contribution in [3.63, 3.8) is 0 Å². The van der Waals surface area contributed by atoms with Gasteiger partial charge in [-0.15, -0.1) is 0 Å². The van der Waals surface area contributed by atoms with E-state index in [1.165, 1.54) is 11.8 Å². The summed E-state index contributed by atoms with van der Waals surface area (Å²) < 4.78 is 103. The van der Waals surface area contributed by atoms with Gasteiger partial charge in [0.15, 0.2) is 0 Å². The maximum absolute atomic E-state index is 12.8. The van der Waals surface area contributed by atoms with Crippen molar-refractivity contribution in [3.8, 4) is 0 Å². The molecule has 0 radical (unpaired) electrons. The molecule has 0 atom stereocenters. The van der Waals surface area contributed by atoms with Crippen molar-refractivity contribution in [1.82, 2.24) is 4.72 Å². The quantitative estimate of drug-likeness (QED) is 0.574. The number of hydrogen-bond acceptors (Lipinski definition) is 3. The van der Waals surface area contributed by atoms with Gasteiger partial charge in [0.2, 0.25) is 10.0 Å². The fraction of sp³-hybridized carbons (Fsp3) is 0.571. The molecule has 11 heteroatoms. The molecule has 1 rings (SSSR count). The molecule has 0 aliphatic heterocycles. The maximum Gasteiger partial charge on any atom is 0.416 e. The van der Waals surface area contributed by atoms with Gasteiger partial charge in [0.1, 0.15) is 0 Å². The van der Waals surface area contributed by atoms with Gasteiger partial charge in [0.25, 0.3) is 0 Å². The lowest BCUT2D eigenvalue weighted by molar-refractivity contribution is -0.143. The SMILES string of the molecule is CC(C)(C)SCCNS(=O)(=O)c1cc(C(F)(F)F)cc(C(F)(F)F)c1. The second kappa shape index (κ2) is 7.36. The summed E-state index contributed by atoms with van der Waals surface area (Å²) in [5.41, 5.74) is -3.35. The average molecular weight is 409 g/mol. The van der Waals surface area contributed by atoms with Crippen LogP contribution >= 0.6 is 11.8 Å². The van der Waals surface area contributed by atoms with E-state index in [2.05, 4.69) is 0 Å². The van der Waals surface area contributed by atoms with Crippen LogP contribution in [0.25, 0.3) is 0 Å². The predicted molar refractivity (Wildman–Crippen MR) is 83.8 cm³/mol. The van der Waals surface area contributed by atoms with E-state index < -0.39 is 38.4 Å². The van der Waals surface area contributed by atoms with Gasteiger partial charge in [-0.3, -0.25) is 0 Å².